The lowest BCUT2D eigenvalue weighted by atomic mass is 9.60. The molecule has 0 nitrogen and oxygen atoms in total. The number of hydrogen-bond acceptors (Lipinski definition) is 0. The summed E-state index contributed by atoms with van der Waals surface area (Å²) in [7, 11) is 0. The molecule has 0 bridgehead atoms. The summed E-state index contributed by atoms with van der Waals surface area (Å²) in [5.41, 5.74) is 18.1. The van der Waals surface area contributed by atoms with E-state index in [1.165, 1.54) is 149 Å². The molecule has 2 atom stereocenters. The Labute approximate surface area is 306 Å². The second-order valence-electron chi connectivity index (χ2n) is 15.9. The number of aryl methyl sites for hydroxylation is 6. The first kappa shape index (κ1) is 36.7. The first-order valence-corrected chi connectivity index (χ1v) is 21.1. The Bertz CT molecular complexity index is 1600. The standard InChI is InChI=1S/C50H66/c1-7-13-19-37-31-43-25-27-49(45(43)33-39(37)21-15-9-3)29-30-50(48-36-42(24-18-12-6)41(23-17-11-5)35-47(48)49)28-26-44-32-38(20-14-8-2)40(22-16-10-4)34-46(44)50/h25-36H,7-24H2,1-6H3. The summed E-state index contributed by atoms with van der Waals surface area (Å²) in [4.78, 5) is 0. The molecule has 2 spiro atoms. The lowest BCUT2D eigenvalue weighted by Crippen LogP contribution is -2.35. The van der Waals surface area contributed by atoms with Gasteiger partial charge in [0, 0.05) is 0 Å². The molecule has 3 aliphatic rings. The molecule has 3 aromatic rings. The fourth-order valence-corrected chi connectivity index (χ4v) is 9.21. The highest BCUT2D eigenvalue weighted by molar-refractivity contribution is 5.80. The van der Waals surface area contributed by atoms with Gasteiger partial charge in [0.1, 0.15) is 0 Å². The van der Waals surface area contributed by atoms with Crippen LogP contribution in [0.2, 0.25) is 0 Å². The number of fused-ring (bicyclic) bond motifs is 7. The van der Waals surface area contributed by atoms with Crippen LogP contribution in [0, 0.1) is 0 Å². The summed E-state index contributed by atoms with van der Waals surface area (Å²) in [5.74, 6) is 0. The first-order valence-electron chi connectivity index (χ1n) is 21.1. The van der Waals surface area contributed by atoms with Crippen molar-refractivity contribution in [2.24, 2.45) is 0 Å². The Kier molecular flexibility index (Phi) is 12.1. The molecule has 0 saturated heterocycles. The Balaban J connectivity index is 1.58. The Morgan fingerprint density at radius 2 is 0.580 bits per heavy atom. The summed E-state index contributed by atoms with van der Waals surface area (Å²) in [5, 5.41) is 0. The van der Waals surface area contributed by atoms with Gasteiger partial charge in [-0.15, -0.1) is 0 Å². The molecule has 0 aliphatic heterocycles. The SMILES string of the molecule is CCCCc1cc2c(cc1CCCC)C1(C=C2)C=CC2(C=Cc3cc(CCCC)c(CCCC)cc32)c2cc(CCCC)c(CCCC)cc21. The maximum Gasteiger partial charge on any atom is 0.0575 e. The summed E-state index contributed by atoms with van der Waals surface area (Å²) in [6, 6.07) is 15.9. The summed E-state index contributed by atoms with van der Waals surface area (Å²) < 4.78 is 0. The Hall–Kier alpha value is -3.12. The number of allylic oxidation sites excluding steroid dienone is 4. The maximum absolute atomic E-state index is 2.71. The van der Waals surface area contributed by atoms with Crippen molar-refractivity contribution < 1.29 is 0 Å². The van der Waals surface area contributed by atoms with Crippen LogP contribution < -0.4 is 0 Å². The van der Waals surface area contributed by atoms with E-state index in [4.69, 9.17) is 0 Å². The molecular formula is C50H66. The van der Waals surface area contributed by atoms with E-state index in [2.05, 4.69) is 114 Å². The van der Waals surface area contributed by atoms with Crippen LogP contribution in [0.1, 0.15) is 185 Å². The third-order valence-corrected chi connectivity index (χ3v) is 12.3. The molecule has 266 valence electrons. The lowest BCUT2D eigenvalue weighted by Gasteiger charge is -2.42. The molecule has 3 aromatic carbocycles. The van der Waals surface area contributed by atoms with Gasteiger partial charge < -0.3 is 0 Å². The van der Waals surface area contributed by atoms with Crippen LogP contribution in [0.3, 0.4) is 0 Å². The number of unbranched alkanes of at least 4 members (excludes halogenated alkanes) is 6. The van der Waals surface area contributed by atoms with E-state index in [0.29, 0.717) is 0 Å². The van der Waals surface area contributed by atoms with Gasteiger partial charge in [-0.2, -0.15) is 0 Å². The van der Waals surface area contributed by atoms with E-state index in [0.717, 1.165) is 0 Å². The predicted octanol–water partition coefficient (Wildman–Crippen LogP) is 13.9. The molecule has 0 N–H and O–H groups in total. The number of benzene rings is 3. The fraction of sp³-hybridized carbons (Fsp3) is 0.520. The zero-order valence-corrected chi connectivity index (χ0v) is 32.7. The van der Waals surface area contributed by atoms with Crippen LogP contribution in [-0.2, 0) is 49.4 Å². The smallest absolute Gasteiger partial charge is 0.0575 e. The second-order valence-corrected chi connectivity index (χ2v) is 15.9. The maximum atomic E-state index is 2.71. The topological polar surface area (TPSA) is 0 Å². The Morgan fingerprint density at radius 3 is 0.860 bits per heavy atom. The molecule has 0 aromatic heterocycles. The average molecular weight is 667 g/mol. The normalized spacial score (nSPS) is 19.6. The molecule has 3 aliphatic carbocycles. The van der Waals surface area contributed by atoms with E-state index in [9.17, 15) is 0 Å². The minimum absolute atomic E-state index is 0.215. The number of rotatable bonds is 18. The molecular weight excluding hydrogens is 601 g/mol. The van der Waals surface area contributed by atoms with Crippen molar-refractivity contribution in [3.8, 4) is 0 Å². The van der Waals surface area contributed by atoms with Gasteiger partial charge in [-0.25, -0.2) is 0 Å². The van der Waals surface area contributed by atoms with Crippen molar-refractivity contribution in [2.75, 3.05) is 0 Å². The molecule has 0 radical (unpaired) electrons. The van der Waals surface area contributed by atoms with Crippen LogP contribution in [0.25, 0.3) is 12.2 Å². The third kappa shape index (κ3) is 6.90. The summed E-state index contributed by atoms with van der Waals surface area (Å²) in [6.45, 7) is 14.0. The predicted molar refractivity (Wildman–Crippen MR) is 220 cm³/mol. The molecule has 0 amide bonds. The van der Waals surface area contributed by atoms with Crippen LogP contribution in [0.5, 0.6) is 0 Å². The fourth-order valence-electron chi connectivity index (χ4n) is 9.21. The highest BCUT2D eigenvalue weighted by Crippen LogP contribution is 2.56. The van der Waals surface area contributed by atoms with E-state index in [1.54, 1.807) is 33.4 Å². The van der Waals surface area contributed by atoms with Crippen LogP contribution >= 0.6 is 0 Å². The van der Waals surface area contributed by atoms with Crippen molar-refractivity contribution in [3.63, 3.8) is 0 Å². The Morgan fingerprint density at radius 1 is 0.320 bits per heavy atom. The summed E-state index contributed by atoms with van der Waals surface area (Å²) >= 11 is 0. The van der Waals surface area contributed by atoms with Gasteiger partial charge in [0.15, 0.2) is 0 Å². The largest absolute Gasteiger partial charge is 0.0682 e. The van der Waals surface area contributed by atoms with Gasteiger partial charge in [-0.3, -0.25) is 0 Å². The van der Waals surface area contributed by atoms with E-state index in [1.807, 2.05) is 0 Å². The number of hydrogen-bond donors (Lipinski definition) is 0. The molecule has 6 rings (SSSR count). The third-order valence-electron chi connectivity index (χ3n) is 12.3. The van der Waals surface area contributed by atoms with E-state index >= 15 is 0 Å². The van der Waals surface area contributed by atoms with Gasteiger partial charge in [0.25, 0.3) is 0 Å². The van der Waals surface area contributed by atoms with Crippen molar-refractivity contribution in [1.29, 1.82) is 0 Å². The summed E-state index contributed by atoms with van der Waals surface area (Å²) in [6.07, 6.45) is 37.5. The molecule has 50 heavy (non-hydrogen) atoms. The van der Waals surface area contributed by atoms with Gasteiger partial charge in [-0.05, 0) is 144 Å². The lowest BCUT2D eigenvalue weighted by molar-refractivity contribution is 0.687. The van der Waals surface area contributed by atoms with Crippen molar-refractivity contribution in [1.82, 2.24) is 0 Å². The minimum Gasteiger partial charge on any atom is -0.0682 e. The van der Waals surface area contributed by atoms with Crippen molar-refractivity contribution >= 4 is 12.2 Å². The molecule has 0 saturated carbocycles. The molecule has 2 unspecified atom stereocenters. The van der Waals surface area contributed by atoms with Crippen LogP contribution in [-0.4, -0.2) is 0 Å². The molecule has 0 heterocycles. The van der Waals surface area contributed by atoms with Gasteiger partial charge in [0.05, 0.1) is 10.8 Å². The second kappa shape index (κ2) is 16.5. The van der Waals surface area contributed by atoms with Crippen LogP contribution in [0.15, 0.2) is 60.7 Å². The quantitative estimate of drug-likeness (QED) is 0.119. The highest BCUT2D eigenvalue weighted by Gasteiger charge is 2.47. The average Bonchev–Trinajstić information content (AvgIpc) is 3.68. The molecule has 0 fully saturated rings. The van der Waals surface area contributed by atoms with Gasteiger partial charge in [0.2, 0.25) is 0 Å². The first-order chi connectivity index (χ1) is 24.5. The van der Waals surface area contributed by atoms with Crippen molar-refractivity contribution in [3.05, 3.63) is 127 Å². The van der Waals surface area contributed by atoms with E-state index in [-0.39, 0.29) is 10.8 Å². The minimum atomic E-state index is -0.215. The van der Waals surface area contributed by atoms with Crippen LogP contribution in [0.4, 0.5) is 0 Å². The van der Waals surface area contributed by atoms with Gasteiger partial charge >= 0.3 is 0 Å². The highest BCUT2D eigenvalue weighted by atomic mass is 14.5. The monoisotopic (exact) mass is 667 g/mol. The molecule has 0 heteroatoms. The van der Waals surface area contributed by atoms with Crippen molar-refractivity contribution in [2.45, 2.75) is 168 Å². The zero-order valence-electron chi connectivity index (χ0n) is 32.7. The zero-order chi connectivity index (χ0) is 35.1. The van der Waals surface area contributed by atoms with Gasteiger partial charge in [-0.1, -0.05) is 153 Å². The van der Waals surface area contributed by atoms with E-state index < -0.39 is 0 Å².